The Morgan fingerprint density at radius 1 is 0.373 bits per heavy atom. The average molecular weight is 774 g/mol. The van der Waals surface area contributed by atoms with Gasteiger partial charge in [-0.3, -0.25) is 0 Å². The minimum absolute atomic E-state index is 0. The standard InChI is InChI=1S/2C23H20P.2ClH.Ti/c2*1-17-13-14-18(2)23-16-21(15-22(17)23)24(19-9-5-3-6-10-19)20-11-7-4-8-12-20;;;/h2*3-16H,1-2H3;2*1H;/q;;;;+2/p-2. The van der Waals surface area contributed by atoms with Crippen molar-refractivity contribution in [3.63, 3.8) is 0 Å². The second-order valence-corrected chi connectivity index (χ2v) is 20.0. The van der Waals surface area contributed by atoms with E-state index in [2.05, 4.69) is 185 Å². The molecule has 252 valence electrons. The van der Waals surface area contributed by atoms with E-state index in [0.717, 1.165) is 0 Å². The topological polar surface area (TPSA) is 0 Å². The molecule has 0 N–H and O–H groups in total. The fourth-order valence-corrected chi connectivity index (χ4v) is 17.5. The zero-order valence-corrected chi connectivity index (χ0v) is 34.2. The summed E-state index contributed by atoms with van der Waals surface area (Å²) >= 11 is -0.643. The van der Waals surface area contributed by atoms with Crippen molar-refractivity contribution >= 4 is 49.2 Å². The molecule has 0 bridgehead atoms. The summed E-state index contributed by atoms with van der Waals surface area (Å²) in [6.07, 6.45) is 5.27. The summed E-state index contributed by atoms with van der Waals surface area (Å²) in [6, 6.07) is 54.8. The Balaban J connectivity index is 0.00000224. The summed E-state index contributed by atoms with van der Waals surface area (Å²) in [5, 5.41) is 9.06. The predicted molar refractivity (Wildman–Crippen MR) is 211 cm³/mol. The summed E-state index contributed by atoms with van der Waals surface area (Å²) in [6.45, 7) is 9.35. The van der Waals surface area contributed by atoms with Crippen LogP contribution in [0.4, 0.5) is 0 Å². The molecule has 0 aromatic heterocycles. The zero-order valence-electron chi connectivity index (χ0n) is 29.3. The summed E-state index contributed by atoms with van der Waals surface area (Å²) in [4.78, 5) is 0. The van der Waals surface area contributed by atoms with E-state index in [1.165, 1.54) is 54.6 Å². The Hall–Kier alpha value is -3.05. The summed E-state index contributed by atoms with van der Waals surface area (Å²) in [5.74, 6) is 0. The number of rotatable bonds is 8. The number of halogens is 2. The number of allylic oxidation sites excluding steroid dienone is 2. The smallest absolute Gasteiger partial charge is 1.00 e. The van der Waals surface area contributed by atoms with Gasteiger partial charge in [-0.25, -0.2) is 0 Å². The third-order valence-electron chi connectivity index (χ3n) is 10.1. The molecule has 0 spiro atoms. The van der Waals surface area contributed by atoms with Crippen LogP contribution in [0.25, 0.3) is 12.2 Å². The summed E-state index contributed by atoms with van der Waals surface area (Å²) < 4.78 is 0.869. The van der Waals surface area contributed by atoms with Gasteiger partial charge in [0.05, 0.1) is 0 Å². The van der Waals surface area contributed by atoms with Gasteiger partial charge in [0.1, 0.15) is 0 Å². The Bertz CT molecular complexity index is 1960. The van der Waals surface area contributed by atoms with Crippen molar-refractivity contribution in [1.29, 1.82) is 0 Å². The van der Waals surface area contributed by atoms with Crippen LogP contribution in [-0.4, -0.2) is 0 Å². The maximum atomic E-state index is 2.64. The van der Waals surface area contributed by atoms with Gasteiger partial charge in [0, 0.05) is 0 Å². The molecule has 2 aliphatic carbocycles. The van der Waals surface area contributed by atoms with Crippen LogP contribution in [0.2, 0.25) is 0 Å². The molecule has 0 saturated carbocycles. The second kappa shape index (κ2) is 16.3. The molecule has 0 aliphatic heterocycles. The van der Waals surface area contributed by atoms with Crippen LogP contribution in [0, 0.1) is 27.7 Å². The zero-order chi connectivity index (χ0) is 33.5. The molecule has 6 aromatic rings. The van der Waals surface area contributed by atoms with E-state index in [1.54, 1.807) is 21.8 Å². The maximum Gasteiger partial charge on any atom is -1.00 e. The molecule has 0 nitrogen and oxygen atoms in total. The number of benzene rings is 6. The average Bonchev–Trinajstić information content (AvgIpc) is 3.71. The molecule has 2 unspecified atom stereocenters. The minimum atomic E-state index is -0.703. The molecular formula is C46H40Cl2P2Ti. The first-order chi connectivity index (χ1) is 24.0. The number of aryl methyl sites for hydroxylation is 4. The van der Waals surface area contributed by atoms with Gasteiger partial charge in [0.15, 0.2) is 0 Å². The largest absolute Gasteiger partial charge is 1.00 e. The van der Waals surface area contributed by atoms with Crippen molar-refractivity contribution in [1.82, 2.24) is 0 Å². The van der Waals surface area contributed by atoms with Crippen molar-refractivity contribution in [2.75, 3.05) is 0 Å². The first-order valence-corrected chi connectivity index (χ1v) is 21.7. The Morgan fingerprint density at radius 3 is 0.941 bits per heavy atom. The first kappa shape index (κ1) is 37.7. The van der Waals surface area contributed by atoms with Crippen LogP contribution in [-0.2, 0) is 19.2 Å². The molecule has 0 saturated heterocycles. The number of fused-ring (bicyclic) bond motifs is 2. The molecule has 8 rings (SSSR count). The maximum absolute atomic E-state index is 2.64. The molecule has 0 radical (unpaired) electrons. The number of hydrogen-bond acceptors (Lipinski definition) is 0. The summed E-state index contributed by atoms with van der Waals surface area (Å²) in [5.41, 5.74) is 11.8. The van der Waals surface area contributed by atoms with Crippen molar-refractivity contribution in [2.45, 2.75) is 36.1 Å². The van der Waals surface area contributed by atoms with E-state index in [-0.39, 0.29) is 24.8 Å². The number of hydrogen-bond donors (Lipinski definition) is 0. The van der Waals surface area contributed by atoms with Gasteiger partial charge in [-0.15, -0.1) is 0 Å². The van der Waals surface area contributed by atoms with Crippen molar-refractivity contribution in [2.24, 2.45) is 0 Å². The molecule has 51 heavy (non-hydrogen) atoms. The fourth-order valence-electron chi connectivity index (χ4n) is 7.71. The van der Waals surface area contributed by atoms with E-state index >= 15 is 0 Å². The SMILES string of the molecule is Cc1ccc(C)c2c1C=C(P(c1ccccc1)c1ccccc1)[CH]2[Ti+2][CH]1C(P(c2ccccc2)c2ccccc2)=Cc2c(C)ccc(C)c21.[Cl-].[Cl-]. The van der Waals surface area contributed by atoms with Crippen LogP contribution in [0.15, 0.2) is 156 Å². The molecule has 5 heteroatoms. The van der Waals surface area contributed by atoms with E-state index in [0.29, 0.717) is 8.45 Å². The molecule has 0 heterocycles. The van der Waals surface area contributed by atoms with Gasteiger partial charge in [-0.2, -0.15) is 0 Å². The normalized spacial score (nSPS) is 15.6. The van der Waals surface area contributed by atoms with Gasteiger partial charge < -0.3 is 24.8 Å². The van der Waals surface area contributed by atoms with Crippen molar-refractivity contribution in [3.8, 4) is 0 Å². The van der Waals surface area contributed by atoms with E-state index in [9.17, 15) is 0 Å². The first-order valence-electron chi connectivity index (χ1n) is 17.2. The molecule has 0 fully saturated rings. The van der Waals surface area contributed by atoms with Crippen LogP contribution < -0.4 is 46.0 Å². The van der Waals surface area contributed by atoms with Crippen molar-refractivity contribution < 1.29 is 44.0 Å². The third-order valence-corrected chi connectivity index (χ3v) is 18.8. The van der Waals surface area contributed by atoms with Crippen LogP contribution in [0.1, 0.15) is 53.0 Å². The summed E-state index contributed by atoms with van der Waals surface area (Å²) in [7, 11) is -1.41. The molecule has 6 aromatic carbocycles. The van der Waals surface area contributed by atoms with Crippen LogP contribution >= 0.6 is 15.8 Å². The van der Waals surface area contributed by atoms with E-state index in [1.807, 2.05) is 0 Å². The molecule has 0 amide bonds. The van der Waals surface area contributed by atoms with Gasteiger partial charge in [-0.05, 0) is 0 Å². The predicted octanol–water partition coefficient (Wildman–Crippen LogP) is 4.77. The Kier molecular flexibility index (Phi) is 12.1. The quantitative estimate of drug-likeness (QED) is 0.155. The van der Waals surface area contributed by atoms with Gasteiger partial charge >= 0.3 is 305 Å². The van der Waals surface area contributed by atoms with Gasteiger partial charge in [-0.1, -0.05) is 0 Å². The molecule has 2 aliphatic rings. The van der Waals surface area contributed by atoms with Crippen LogP contribution in [0.3, 0.4) is 0 Å². The Labute approximate surface area is 327 Å². The molecular weight excluding hydrogens is 733 g/mol. The van der Waals surface area contributed by atoms with E-state index in [4.69, 9.17) is 0 Å². The monoisotopic (exact) mass is 772 g/mol. The van der Waals surface area contributed by atoms with E-state index < -0.39 is 35.0 Å². The van der Waals surface area contributed by atoms with Gasteiger partial charge in [0.2, 0.25) is 0 Å². The Morgan fingerprint density at radius 2 is 0.647 bits per heavy atom. The fraction of sp³-hybridized carbons (Fsp3) is 0.130. The molecule has 2 atom stereocenters. The van der Waals surface area contributed by atoms with Crippen LogP contribution in [0.5, 0.6) is 0 Å². The second-order valence-electron chi connectivity index (χ2n) is 13.2. The van der Waals surface area contributed by atoms with Crippen molar-refractivity contribution in [3.05, 3.63) is 201 Å². The third kappa shape index (κ3) is 7.18. The minimum Gasteiger partial charge on any atom is -1.00 e. The van der Waals surface area contributed by atoms with Gasteiger partial charge in [0.25, 0.3) is 0 Å².